The van der Waals surface area contributed by atoms with Crippen LogP contribution in [-0.4, -0.2) is 72.9 Å². The number of alkyl carbamates (subject to hydrolysis) is 1. The number of carbonyl (C=O) groups is 1. The highest BCUT2D eigenvalue weighted by atomic mass is 16.6. The second kappa shape index (κ2) is 10.8. The molecule has 33 heavy (non-hydrogen) atoms. The Morgan fingerprint density at radius 2 is 1.70 bits per heavy atom. The van der Waals surface area contributed by atoms with Crippen LogP contribution in [0.25, 0.3) is 11.4 Å². The van der Waals surface area contributed by atoms with E-state index in [1.807, 2.05) is 34.6 Å². The van der Waals surface area contributed by atoms with Gasteiger partial charge in [-0.2, -0.15) is 0 Å². The molecule has 1 amide bonds. The van der Waals surface area contributed by atoms with E-state index in [1.165, 1.54) is 5.69 Å². The third-order valence-corrected chi connectivity index (χ3v) is 5.70. The number of nitrogens with one attached hydrogen (secondary N) is 2. The van der Waals surface area contributed by atoms with Crippen molar-refractivity contribution >= 4 is 17.6 Å². The second-order valence-corrected chi connectivity index (χ2v) is 9.65. The highest BCUT2D eigenvalue weighted by Crippen LogP contribution is 2.25. The zero-order chi connectivity index (χ0) is 24.0. The third-order valence-electron chi connectivity index (χ3n) is 5.70. The van der Waals surface area contributed by atoms with Gasteiger partial charge in [-0.3, -0.25) is 0 Å². The second-order valence-electron chi connectivity index (χ2n) is 9.65. The summed E-state index contributed by atoms with van der Waals surface area (Å²) in [5, 5.41) is 6.18. The number of aryl methyl sites for hydroxylation is 1. The van der Waals surface area contributed by atoms with Crippen LogP contribution in [0.15, 0.2) is 24.3 Å². The van der Waals surface area contributed by atoms with E-state index in [9.17, 15) is 4.79 Å². The zero-order valence-electron chi connectivity index (χ0n) is 20.9. The smallest absolute Gasteiger partial charge is 0.407 e. The molecule has 0 radical (unpaired) electrons. The van der Waals surface area contributed by atoms with Crippen molar-refractivity contribution in [2.75, 3.05) is 56.5 Å². The maximum atomic E-state index is 11.8. The van der Waals surface area contributed by atoms with Gasteiger partial charge in [-0.05, 0) is 72.4 Å². The van der Waals surface area contributed by atoms with Gasteiger partial charge in [-0.25, -0.2) is 14.8 Å². The summed E-state index contributed by atoms with van der Waals surface area (Å²) in [4.78, 5) is 26.0. The number of hydrogen-bond acceptors (Lipinski definition) is 7. The molecule has 180 valence electrons. The molecule has 1 aliphatic heterocycles. The number of rotatable bonds is 7. The summed E-state index contributed by atoms with van der Waals surface area (Å²) in [6, 6.07) is 8.53. The van der Waals surface area contributed by atoms with Gasteiger partial charge in [-0.15, -0.1) is 0 Å². The molecule has 2 heterocycles. The lowest BCUT2D eigenvalue weighted by atomic mass is 10.1. The van der Waals surface area contributed by atoms with E-state index in [0.717, 1.165) is 61.1 Å². The van der Waals surface area contributed by atoms with Crippen LogP contribution in [0.3, 0.4) is 0 Å². The van der Waals surface area contributed by atoms with Gasteiger partial charge in [0, 0.05) is 61.8 Å². The molecule has 1 saturated heterocycles. The Labute approximate surface area is 197 Å². The van der Waals surface area contributed by atoms with Gasteiger partial charge < -0.3 is 25.2 Å². The van der Waals surface area contributed by atoms with Crippen LogP contribution in [0.1, 0.15) is 38.4 Å². The number of anilines is 2. The van der Waals surface area contributed by atoms with Crippen LogP contribution in [0, 0.1) is 13.8 Å². The molecule has 0 saturated carbocycles. The predicted octanol–water partition coefficient (Wildman–Crippen LogP) is 3.84. The lowest BCUT2D eigenvalue weighted by molar-refractivity contribution is 0.0528. The average Bonchev–Trinajstić information content (AvgIpc) is 2.75. The predicted molar refractivity (Wildman–Crippen MR) is 134 cm³/mol. The molecule has 2 N–H and O–H groups in total. The molecular formula is C25H38N6O2. The Kier molecular flexibility index (Phi) is 8.13. The molecular weight excluding hydrogens is 416 g/mol. The first-order chi connectivity index (χ1) is 15.6. The van der Waals surface area contributed by atoms with Crippen LogP contribution in [0.5, 0.6) is 0 Å². The number of amides is 1. The summed E-state index contributed by atoms with van der Waals surface area (Å²) in [6.07, 6.45) is 0.371. The van der Waals surface area contributed by atoms with Crippen molar-refractivity contribution in [2.24, 2.45) is 0 Å². The maximum Gasteiger partial charge on any atom is 0.407 e. The number of piperazine rings is 1. The SMILES string of the molecule is Cc1nc(-c2ccc(N3CCN(C)CC3)cc2)nc(NCCCNC(=O)OC(C)(C)C)c1C. The quantitative estimate of drug-likeness (QED) is 0.615. The number of ether oxygens (including phenoxy) is 1. The minimum absolute atomic E-state index is 0.390. The Morgan fingerprint density at radius 3 is 2.33 bits per heavy atom. The number of likely N-dealkylation sites (N-methyl/N-ethyl adjacent to an activating group) is 1. The first kappa shape index (κ1) is 24.8. The molecule has 8 nitrogen and oxygen atoms in total. The largest absolute Gasteiger partial charge is 0.444 e. The number of benzene rings is 1. The van der Waals surface area contributed by atoms with Crippen LogP contribution >= 0.6 is 0 Å². The molecule has 1 aliphatic rings. The molecule has 0 aliphatic carbocycles. The monoisotopic (exact) mass is 454 g/mol. The highest BCUT2D eigenvalue weighted by Gasteiger charge is 2.16. The molecule has 3 rings (SSSR count). The first-order valence-electron chi connectivity index (χ1n) is 11.7. The van der Waals surface area contributed by atoms with Crippen molar-refractivity contribution in [1.82, 2.24) is 20.2 Å². The van der Waals surface area contributed by atoms with E-state index in [4.69, 9.17) is 14.7 Å². The highest BCUT2D eigenvalue weighted by molar-refractivity contribution is 5.67. The van der Waals surface area contributed by atoms with Crippen LogP contribution in [0.2, 0.25) is 0 Å². The molecule has 1 aromatic carbocycles. The summed E-state index contributed by atoms with van der Waals surface area (Å²) < 4.78 is 5.26. The van der Waals surface area contributed by atoms with E-state index in [1.54, 1.807) is 0 Å². The average molecular weight is 455 g/mol. The van der Waals surface area contributed by atoms with Gasteiger partial charge >= 0.3 is 6.09 Å². The third kappa shape index (κ3) is 7.32. The van der Waals surface area contributed by atoms with Gasteiger partial charge in [0.25, 0.3) is 0 Å². The number of nitrogens with zero attached hydrogens (tertiary/aromatic N) is 4. The van der Waals surface area contributed by atoms with Crippen LogP contribution in [-0.2, 0) is 4.74 Å². The van der Waals surface area contributed by atoms with E-state index in [0.29, 0.717) is 13.1 Å². The topological polar surface area (TPSA) is 82.6 Å². The van der Waals surface area contributed by atoms with E-state index in [-0.39, 0.29) is 6.09 Å². The minimum atomic E-state index is -0.489. The van der Waals surface area contributed by atoms with E-state index >= 15 is 0 Å². The molecule has 8 heteroatoms. The fourth-order valence-corrected chi connectivity index (χ4v) is 3.62. The van der Waals surface area contributed by atoms with Crippen molar-refractivity contribution in [3.05, 3.63) is 35.5 Å². The van der Waals surface area contributed by atoms with Crippen molar-refractivity contribution in [3.8, 4) is 11.4 Å². The van der Waals surface area contributed by atoms with Crippen molar-refractivity contribution in [2.45, 2.75) is 46.6 Å². The molecule has 0 unspecified atom stereocenters. The lowest BCUT2D eigenvalue weighted by Gasteiger charge is -2.34. The van der Waals surface area contributed by atoms with Crippen molar-refractivity contribution in [1.29, 1.82) is 0 Å². The molecule has 1 aromatic heterocycles. The standard InChI is InChI=1S/C25H38N6O2/c1-18-19(2)28-23(20-8-10-21(11-9-20)31-16-14-30(6)15-17-31)29-22(18)26-12-7-13-27-24(32)33-25(3,4)5/h8-11H,7,12-17H2,1-6H3,(H,27,32)(H,26,28,29). The molecule has 0 atom stereocenters. The van der Waals surface area contributed by atoms with Gasteiger partial charge in [0.05, 0.1) is 0 Å². The zero-order valence-corrected chi connectivity index (χ0v) is 20.9. The fraction of sp³-hybridized carbons (Fsp3) is 0.560. The molecule has 0 bridgehead atoms. The summed E-state index contributed by atoms with van der Waals surface area (Å²) in [5.41, 5.74) is 3.75. The molecule has 2 aromatic rings. The summed E-state index contributed by atoms with van der Waals surface area (Å²) in [7, 11) is 2.17. The number of hydrogen-bond donors (Lipinski definition) is 2. The minimum Gasteiger partial charge on any atom is -0.444 e. The normalized spacial score (nSPS) is 14.8. The Balaban J connectivity index is 1.58. The van der Waals surface area contributed by atoms with Crippen LogP contribution in [0.4, 0.5) is 16.3 Å². The van der Waals surface area contributed by atoms with Crippen molar-refractivity contribution in [3.63, 3.8) is 0 Å². The lowest BCUT2D eigenvalue weighted by Crippen LogP contribution is -2.44. The molecule has 0 spiro atoms. The maximum absolute atomic E-state index is 11.8. The van der Waals surface area contributed by atoms with E-state index < -0.39 is 5.60 Å². The fourth-order valence-electron chi connectivity index (χ4n) is 3.62. The van der Waals surface area contributed by atoms with Crippen molar-refractivity contribution < 1.29 is 9.53 Å². The van der Waals surface area contributed by atoms with Crippen LogP contribution < -0.4 is 15.5 Å². The van der Waals surface area contributed by atoms with E-state index in [2.05, 4.69) is 51.7 Å². The summed E-state index contributed by atoms with van der Waals surface area (Å²) in [6.45, 7) is 15.1. The number of aromatic nitrogens is 2. The molecule has 1 fully saturated rings. The van der Waals surface area contributed by atoms with Gasteiger partial charge in [-0.1, -0.05) is 0 Å². The Hall–Kier alpha value is -2.87. The summed E-state index contributed by atoms with van der Waals surface area (Å²) in [5.74, 6) is 1.55. The first-order valence-corrected chi connectivity index (χ1v) is 11.7. The van der Waals surface area contributed by atoms with Gasteiger partial charge in [0.15, 0.2) is 5.82 Å². The Bertz CT molecular complexity index is 931. The van der Waals surface area contributed by atoms with Gasteiger partial charge in [0.2, 0.25) is 0 Å². The Morgan fingerprint density at radius 1 is 1.03 bits per heavy atom. The summed E-state index contributed by atoms with van der Waals surface area (Å²) >= 11 is 0. The number of carbonyl (C=O) groups excluding carboxylic acids is 1. The van der Waals surface area contributed by atoms with Gasteiger partial charge in [0.1, 0.15) is 11.4 Å².